The Morgan fingerprint density at radius 3 is 2.79 bits per heavy atom. The lowest BCUT2D eigenvalue weighted by Gasteiger charge is -2.61. The van der Waals surface area contributed by atoms with Crippen molar-refractivity contribution in [2.75, 3.05) is 32.6 Å². The zero-order valence-electron chi connectivity index (χ0n) is 25.9. The number of likely N-dealkylation sites (tertiary alicyclic amines) is 1. The first kappa shape index (κ1) is 29.3. The quantitative estimate of drug-likeness (QED) is 0.286. The number of rotatable bonds is 7. The summed E-state index contributed by atoms with van der Waals surface area (Å²) in [6.45, 7) is 9.35. The molecule has 2 aromatic carbocycles. The summed E-state index contributed by atoms with van der Waals surface area (Å²) in [4.78, 5) is 29.9. The Balaban J connectivity index is 1.22. The van der Waals surface area contributed by atoms with E-state index in [0.29, 0.717) is 64.4 Å². The maximum Gasteiger partial charge on any atom is 0.261 e. The van der Waals surface area contributed by atoms with Gasteiger partial charge in [-0.25, -0.2) is 14.4 Å². The van der Waals surface area contributed by atoms with Crippen LogP contribution in [0.3, 0.4) is 0 Å². The van der Waals surface area contributed by atoms with E-state index in [2.05, 4.69) is 41.0 Å². The number of ether oxygens (including phenoxy) is 1. The van der Waals surface area contributed by atoms with Gasteiger partial charge in [-0.1, -0.05) is 26.8 Å². The minimum Gasteiger partial charge on any atom is -0.497 e. The van der Waals surface area contributed by atoms with Crippen LogP contribution >= 0.6 is 0 Å². The first-order chi connectivity index (χ1) is 20.7. The number of guanidine groups is 1. The zero-order valence-corrected chi connectivity index (χ0v) is 25.9. The summed E-state index contributed by atoms with van der Waals surface area (Å²) in [6.07, 6.45) is 7.48. The van der Waals surface area contributed by atoms with Crippen molar-refractivity contribution in [3.8, 4) is 5.75 Å². The second kappa shape index (κ2) is 11.7. The van der Waals surface area contributed by atoms with Gasteiger partial charge < -0.3 is 19.9 Å². The second-order valence-electron chi connectivity index (χ2n) is 13.2. The predicted octanol–water partition coefficient (Wildman–Crippen LogP) is 5.65. The molecule has 228 valence electrons. The summed E-state index contributed by atoms with van der Waals surface area (Å²) in [5.74, 6) is 3.42. The van der Waals surface area contributed by atoms with E-state index in [4.69, 9.17) is 9.73 Å². The minimum absolute atomic E-state index is 0.140. The Morgan fingerprint density at radius 2 is 2.07 bits per heavy atom. The fraction of sp³-hybridized carbons (Fsp3) is 0.529. The van der Waals surface area contributed by atoms with Gasteiger partial charge in [0.25, 0.3) is 5.56 Å². The number of hydrogen-bond donors (Lipinski definition) is 1. The van der Waals surface area contributed by atoms with Gasteiger partial charge in [-0.2, -0.15) is 0 Å². The highest BCUT2D eigenvalue weighted by Gasteiger charge is 2.56. The van der Waals surface area contributed by atoms with Gasteiger partial charge in [0, 0.05) is 50.6 Å². The average molecular weight is 587 g/mol. The van der Waals surface area contributed by atoms with E-state index in [0.717, 1.165) is 43.5 Å². The van der Waals surface area contributed by atoms with E-state index in [-0.39, 0.29) is 11.4 Å². The molecule has 7 rings (SSSR count). The van der Waals surface area contributed by atoms with Crippen molar-refractivity contribution in [3.63, 3.8) is 0 Å². The van der Waals surface area contributed by atoms with Gasteiger partial charge in [0.1, 0.15) is 11.6 Å². The zero-order chi connectivity index (χ0) is 30.3. The minimum atomic E-state index is -0.344. The number of nitrogens with zero attached hydrogens (tertiary/aromatic N) is 5. The van der Waals surface area contributed by atoms with Crippen LogP contribution in [0.1, 0.15) is 45.6 Å². The molecule has 1 saturated heterocycles. The molecule has 2 unspecified atom stereocenters. The van der Waals surface area contributed by atoms with E-state index in [1.807, 2.05) is 31.5 Å². The number of halogens is 1. The maximum absolute atomic E-state index is 14.4. The van der Waals surface area contributed by atoms with Crippen molar-refractivity contribution in [1.29, 1.82) is 0 Å². The molecule has 4 aliphatic rings. The summed E-state index contributed by atoms with van der Waals surface area (Å²) in [5, 5.41) is 4.15. The van der Waals surface area contributed by atoms with Crippen molar-refractivity contribution in [2.24, 2.45) is 39.1 Å². The second-order valence-corrected chi connectivity index (χ2v) is 13.2. The molecule has 43 heavy (non-hydrogen) atoms. The van der Waals surface area contributed by atoms with Crippen molar-refractivity contribution in [2.45, 2.75) is 59.0 Å². The summed E-state index contributed by atoms with van der Waals surface area (Å²) in [7, 11) is 3.34. The molecular formula is C34H43FN6O2. The van der Waals surface area contributed by atoms with Gasteiger partial charge in [-0.15, -0.1) is 0 Å². The maximum atomic E-state index is 14.4. The number of methoxy groups -OCH3 is 1. The van der Waals surface area contributed by atoms with Crippen molar-refractivity contribution in [1.82, 2.24) is 14.5 Å². The predicted molar refractivity (Wildman–Crippen MR) is 171 cm³/mol. The topological polar surface area (TPSA) is 84.1 Å². The number of hydrogen-bond acceptors (Lipinski definition) is 5. The summed E-state index contributed by atoms with van der Waals surface area (Å²) >= 11 is 0. The van der Waals surface area contributed by atoms with Gasteiger partial charge in [-0.05, 0) is 78.7 Å². The molecular weight excluding hydrogens is 543 g/mol. The number of aromatic nitrogens is 2. The lowest BCUT2D eigenvalue weighted by Crippen LogP contribution is -2.56. The van der Waals surface area contributed by atoms with Crippen LogP contribution in [-0.4, -0.2) is 59.9 Å². The molecule has 2 heterocycles. The Kier molecular flexibility index (Phi) is 8.00. The Morgan fingerprint density at radius 1 is 1.23 bits per heavy atom. The molecule has 9 heteroatoms. The molecule has 4 fully saturated rings. The molecule has 3 aromatic rings. The SMILES string of the molecule is CN=CC1CCN(C(=NC2C[C@H]3C[C@@H]([C@@H]2C)C3(C)C)Nc2ccc3c(=O)n(CCc4ccc(OC)cc4F)cnc3c2)C1. The molecule has 3 saturated carbocycles. The Labute approximate surface area is 253 Å². The smallest absolute Gasteiger partial charge is 0.261 e. The summed E-state index contributed by atoms with van der Waals surface area (Å²) in [6, 6.07) is 10.8. The standard InChI is InChI=1S/C34H43FN6O2/c1-21-28-14-24(34(28,2)3)15-30(21)39-33(40-12-10-22(19-40)18-36-4)38-25-7-9-27-31(16-25)37-20-41(32(27)42)13-11-23-6-8-26(43-5)17-29(23)35/h6-9,16-18,20-22,24,28,30H,10-15,19H2,1-5H3,(H,38,39)/t21-,22?,24+,28-,30?/m0/s1. The van der Waals surface area contributed by atoms with Crippen molar-refractivity contribution in [3.05, 3.63) is 64.5 Å². The molecule has 0 amide bonds. The molecule has 1 aliphatic heterocycles. The van der Waals surface area contributed by atoms with E-state index in [9.17, 15) is 9.18 Å². The Bertz CT molecular complexity index is 1610. The highest BCUT2D eigenvalue weighted by molar-refractivity contribution is 5.96. The summed E-state index contributed by atoms with van der Waals surface area (Å²) in [5.41, 5.74) is 2.28. The van der Waals surface area contributed by atoms with Gasteiger partial charge >= 0.3 is 0 Å². The van der Waals surface area contributed by atoms with Gasteiger partial charge in [0.2, 0.25) is 0 Å². The lowest BCUT2D eigenvalue weighted by molar-refractivity contribution is -0.108. The van der Waals surface area contributed by atoms with Crippen LogP contribution in [0.25, 0.3) is 10.9 Å². The van der Waals surface area contributed by atoms with Crippen LogP contribution < -0.4 is 15.6 Å². The molecule has 3 aliphatic carbocycles. The number of anilines is 1. The van der Waals surface area contributed by atoms with Gasteiger partial charge in [0.15, 0.2) is 5.96 Å². The molecule has 0 radical (unpaired) electrons. The third-order valence-electron chi connectivity index (χ3n) is 10.4. The van der Waals surface area contributed by atoms with E-state index >= 15 is 0 Å². The lowest BCUT2D eigenvalue weighted by atomic mass is 9.45. The average Bonchev–Trinajstić information content (AvgIpc) is 3.46. The normalized spacial score (nSPS) is 26.6. The summed E-state index contributed by atoms with van der Waals surface area (Å²) < 4.78 is 21.1. The van der Waals surface area contributed by atoms with E-state index in [1.54, 1.807) is 23.0 Å². The fourth-order valence-corrected chi connectivity index (χ4v) is 7.58. The molecule has 2 bridgehead atoms. The van der Waals surface area contributed by atoms with Crippen LogP contribution in [0.4, 0.5) is 10.1 Å². The van der Waals surface area contributed by atoms with Crippen LogP contribution in [-0.2, 0) is 13.0 Å². The number of nitrogens with one attached hydrogen (secondary N) is 1. The number of fused-ring (bicyclic) bond motifs is 3. The number of benzene rings is 2. The highest BCUT2D eigenvalue weighted by atomic mass is 19.1. The molecule has 1 N–H and O–H groups in total. The number of aryl methyl sites for hydroxylation is 2. The van der Waals surface area contributed by atoms with Gasteiger partial charge in [0.05, 0.1) is 30.4 Å². The van der Waals surface area contributed by atoms with Gasteiger partial charge in [-0.3, -0.25) is 9.36 Å². The van der Waals surface area contributed by atoms with Crippen LogP contribution in [0.2, 0.25) is 0 Å². The first-order valence-electron chi connectivity index (χ1n) is 15.5. The highest BCUT2D eigenvalue weighted by Crippen LogP contribution is 2.61. The van der Waals surface area contributed by atoms with E-state index in [1.165, 1.54) is 19.6 Å². The third kappa shape index (κ3) is 5.66. The monoisotopic (exact) mass is 586 g/mol. The fourth-order valence-electron chi connectivity index (χ4n) is 7.58. The Hall–Kier alpha value is -3.75. The molecule has 5 atom stereocenters. The molecule has 0 spiro atoms. The van der Waals surface area contributed by atoms with Crippen molar-refractivity contribution >= 4 is 28.8 Å². The first-order valence-corrected chi connectivity index (χ1v) is 15.5. The van der Waals surface area contributed by atoms with Crippen LogP contribution in [0, 0.1) is 34.9 Å². The van der Waals surface area contributed by atoms with Crippen LogP contribution in [0.5, 0.6) is 5.75 Å². The molecule has 1 aromatic heterocycles. The largest absolute Gasteiger partial charge is 0.497 e. The van der Waals surface area contributed by atoms with E-state index < -0.39 is 0 Å². The number of aliphatic imine (C=N–C) groups is 2. The molecule has 8 nitrogen and oxygen atoms in total. The third-order valence-corrected chi connectivity index (χ3v) is 10.4. The van der Waals surface area contributed by atoms with Crippen molar-refractivity contribution < 1.29 is 9.13 Å². The van der Waals surface area contributed by atoms with Crippen LogP contribution in [0.15, 0.2) is 57.5 Å².